The van der Waals surface area contributed by atoms with Crippen molar-refractivity contribution >= 4 is 17.5 Å². The van der Waals surface area contributed by atoms with Crippen molar-refractivity contribution < 1.29 is 14.3 Å². The number of rotatable bonds is 8. The van der Waals surface area contributed by atoms with Gasteiger partial charge in [-0.2, -0.15) is 0 Å². The molecule has 1 saturated heterocycles. The molecule has 0 saturated carbocycles. The highest BCUT2D eigenvalue weighted by atomic mass is 32.2. The van der Waals surface area contributed by atoms with Crippen LogP contribution in [0.1, 0.15) is 23.2 Å². The third kappa shape index (κ3) is 4.71. The zero-order valence-corrected chi connectivity index (χ0v) is 17.2. The molecule has 0 N–H and O–H groups in total. The summed E-state index contributed by atoms with van der Waals surface area (Å²) in [4.78, 5) is 17.3. The fraction of sp³-hybridized carbons (Fsp3) is 0.304. The highest BCUT2D eigenvalue weighted by molar-refractivity contribution is 7.99. The van der Waals surface area contributed by atoms with Gasteiger partial charge in [0.1, 0.15) is 5.75 Å². The Bertz CT molecular complexity index is 965. The Kier molecular flexibility index (Phi) is 6.32. The molecule has 3 aromatic rings. The molecule has 0 bridgehead atoms. The van der Waals surface area contributed by atoms with E-state index in [0.29, 0.717) is 17.1 Å². The van der Waals surface area contributed by atoms with Crippen LogP contribution in [0, 0.1) is 0 Å². The maximum atomic E-state index is 12.7. The van der Waals surface area contributed by atoms with Crippen molar-refractivity contribution in [1.82, 2.24) is 9.55 Å². The van der Waals surface area contributed by atoms with Crippen molar-refractivity contribution in [3.63, 3.8) is 0 Å². The van der Waals surface area contributed by atoms with E-state index in [1.807, 2.05) is 42.6 Å². The van der Waals surface area contributed by atoms with Gasteiger partial charge >= 0.3 is 0 Å². The second kappa shape index (κ2) is 9.29. The van der Waals surface area contributed by atoms with Crippen molar-refractivity contribution in [2.24, 2.45) is 0 Å². The molecular weight excluding hydrogens is 384 g/mol. The monoisotopic (exact) mass is 408 g/mol. The zero-order valence-electron chi connectivity index (χ0n) is 16.4. The zero-order chi connectivity index (χ0) is 20.1. The van der Waals surface area contributed by atoms with E-state index >= 15 is 0 Å². The molecule has 0 aliphatic carbocycles. The van der Waals surface area contributed by atoms with Crippen LogP contribution >= 0.6 is 11.8 Å². The molecule has 5 nitrogen and oxygen atoms in total. The van der Waals surface area contributed by atoms with Crippen molar-refractivity contribution in [1.29, 1.82) is 0 Å². The largest absolute Gasteiger partial charge is 0.497 e. The number of nitrogens with zero attached hydrogens (tertiary/aromatic N) is 2. The number of hydrogen-bond acceptors (Lipinski definition) is 5. The lowest BCUT2D eigenvalue weighted by atomic mass is 10.1. The number of imidazole rings is 1. The van der Waals surface area contributed by atoms with Crippen molar-refractivity contribution in [2.45, 2.75) is 30.6 Å². The molecule has 1 aliphatic heterocycles. The summed E-state index contributed by atoms with van der Waals surface area (Å²) in [5.74, 6) is 1.07. The predicted molar refractivity (Wildman–Crippen MR) is 115 cm³/mol. The average Bonchev–Trinajstić information content (AvgIpc) is 3.43. The van der Waals surface area contributed by atoms with Crippen LogP contribution in [0.3, 0.4) is 0 Å². The Morgan fingerprint density at radius 2 is 2.10 bits per heavy atom. The summed E-state index contributed by atoms with van der Waals surface area (Å²) >= 11 is 1.47. The molecule has 0 amide bonds. The van der Waals surface area contributed by atoms with Crippen LogP contribution in [0.4, 0.5) is 0 Å². The fourth-order valence-electron chi connectivity index (χ4n) is 3.49. The molecule has 1 unspecified atom stereocenters. The molecule has 0 radical (unpaired) electrons. The minimum Gasteiger partial charge on any atom is -0.497 e. The lowest BCUT2D eigenvalue weighted by molar-refractivity contribution is 0.0954. The first-order valence-electron chi connectivity index (χ1n) is 9.77. The van der Waals surface area contributed by atoms with Gasteiger partial charge in [-0.05, 0) is 30.5 Å². The van der Waals surface area contributed by atoms with Crippen molar-refractivity contribution in [3.05, 3.63) is 66.4 Å². The van der Waals surface area contributed by atoms with Gasteiger partial charge in [-0.3, -0.25) is 4.79 Å². The van der Waals surface area contributed by atoms with E-state index in [4.69, 9.17) is 9.47 Å². The molecule has 6 heteroatoms. The SMILES string of the molecule is COc1cccc(C(=O)CSc2ncc(-c3ccccc3)n2CC2CCCO2)c1. The van der Waals surface area contributed by atoms with Gasteiger partial charge in [0.15, 0.2) is 10.9 Å². The van der Waals surface area contributed by atoms with E-state index in [9.17, 15) is 4.79 Å². The summed E-state index contributed by atoms with van der Waals surface area (Å²) in [7, 11) is 1.60. The van der Waals surface area contributed by atoms with Gasteiger partial charge in [0.2, 0.25) is 0 Å². The standard InChI is InChI=1S/C23H24N2O3S/c1-27-19-10-5-9-18(13-19)22(26)16-29-23-24-14-21(17-7-3-2-4-8-17)25(23)15-20-11-6-12-28-20/h2-5,7-10,13-14,20H,6,11-12,15-16H2,1H3. The van der Waals surface area contributed by atoms with E-state index in [1.54, 1.807) is 13.2 Å². The van der Waals surface area contributed by atoms with Crippen LogP contribution < -0.4 is 4.74 Å². The number of ketones is 1. The minimum atomic E-state index is 0.0572. The van der Waals surface area contributed by atoms with Gasteiger partial charge < -0.3 is 14.0 Å². The summed E-state index contributed by atoms with van der Waals surface area (Å²) in [6.45, 7) is 1.57. The van der Waals surface area contributed by atoms with E-state index in [-0.39, 0.29) is 11.9 Å². The highest BCUT2D eigenvalue weighted by Gasteiger charge is 2.21. The number of Topliss-reactive ketones (excluding diaryl/α,β-unsaturated/α-hetero) is 1. The van der Waals surface area contributed by atoms with E-state index in [1.165, 1.54) is 11.8 Å². The maximum absolute atomic E-state index is 12.7. The van der Waals surface area contributed by atoms with Crippen LogP contribution in [0.5, 0.6) is 5.75 Å². The molecule has 150 valence electrons. The van der Waals surface area contributed by atoms with Crippen LogP contribution in [0.25, 0.3) is 11.3 Å². The molecule has 0 spiro atoms. The Hall–Kier alpha value is -2.57. The van der Waals surface area contributed by atoms with Crippen LogP contribution in [0.2, 0.25) is 0 Å². The number of ether oxygens (including phenoxy) is 2. The molecule has 1 fully saturated rings. The summed E-state index contributed by atoms with van der Waals surface area (Å²) in [5, 5.41) is 0.843. The number of benzene rings is 2. The first kappa shape index (κ1) is 19.7. The highest BCUT2D eigenvalue weighted by Crippen LogP contribution is 2.29. The molecule has 4 rings (SSSR count). The van der Waals surface area contributed by atoms with Gasteiger partial charge in [0.05, 0.1) is 37.4 Å². The minimum absolute atomic E-state index is 0.0572. The summed E-state index contributed by atoms with van der Waals surface area (Å²) in [5.41, 5.74) is 2.82. The smallest absolute Gasteiger partial charge is 0.173 e. The first-order valence-corrected chi connectivity index (χ1v) is 10.8. The van der Waals surface area contributed by atoms with E-state index in [0.717, 1.165) is 42.4 Å². The summed E-state index contributed by atoms with van der Waals surface area (Å²) < 4.78 is 13.3. The van der Waals surface area contributed by atoms with Crippen LogP contribution in [-0.4, -0.2) is 40.9 Å². The Balaban J connectivity index is 1.54. The lowest BCUT2D eigenvalue weighted by Gasteiger charge is -2.16. The summed E-state index contributed by atoms with van der Waals surface area (Å²) in [6.07, 6.45) is 4.23. The van der Waals surface area contributed by atoms with Gasteiger partial charge in [-0.25, -0.2) is 4.98 Å². The number of carbonyl (C=O) groups is 1. The molecule has 1 atom stereocenters. The van der Waals surface area contributed by atoms with Gasteiger partial charge in [0.25, 0.3) is 0 Å². The van der Waals surface area contributed by atoms with E-state index in [2.05, 4.69) is 21.7 Å². The van der Waals surface area contributed by atoms with Gasteiger partial charge in [-0.15, -0.1) is 0 Å². The third-order valence-corrected chi connectivity index (χ3v) is 6.01. The molecule has 29 heavy (non-hydrogen) atoms. The number of methoxy groups -OCH3 is 1. The molecule has 2 aromatic carbocycles. The molecular formula is C23H24N2O3S. The average molecular weight is 409 g/mol. The summed E-state index contributed by atoms with van der Waals surface area (Å²) in [6, 6.07) is 17.5. The normalized spacial score (nSPS) is 16.1. The third-order valence-electron chi connectivity index (χ3n) is 5.02. The van der Waals surface area contributed by atoms with Gasteiger partial charge in [-0.1, -0.05) is 54.2 Å². The number of aromatic nitrogens is 2. The number of hydrogen-bond donors (Lipinski definition) is 0. The topological polar surface area (TPSA) is 53.3 Å². The molecule has 1 aromatic heterocycles. The lowest BCUT2D eigenvalue weighted by Crippen LogP contribution is -2.17. The maximum Gasteiger partial charge on any atom is 0.173 e. The van der Waals surface area contributed by atoms with E-state index < -0.39 is 0 Å². The van der Waals surface area contributed by atoms with Crippen LogP contribution in [-0.2, 0) is 11.3 Å². The molecule has 1 aliphatic rings. The second-order valence-electron chi connectivity index (χ2n) is 6.98. The predicted octanol–water partition coefficient (Wildman–Crippen LogP) is 4.71. The quantitative estimate of drug-likeness (QED) is 0.399. The fourth-order valence-corrected chi connectivity index (χ4v) is 4.37. The first-order chi connectivity index (χ1) is 14.2. The van der Waals surface area contributed by atoms with Crippen molar-refractivity contribution in [3.8, 4) is 17.0 Å². The number of carbonyl (C=O) groups excluding carboxylic acids is 1. The van der Waals surface area contributed by atoms with Crippen molar-refractivity contribution in [2.75, 3.05) is 19.5 Å². The van der Waals surface area contributed by atoms with Crippen LogP contribution in [0.15, 0.2) is 66.0 Å². The van der Waals surface area contributed by atoms with Gasteiger partial charge in [0, 0.05) is 12.2 Å². The second-order valence-corrected chi connectivity index (χ2v) is 7.92. The Morgan fingerprint density at radius 3 is 2.86 bits per heavy atom. The Labute approximate surface area is 175 Å². The Morgan fingerprint density at radius 1 is 1.24 bits per heavy atom. The number of thioether (sulfide) groups is 1. The molecule has 2 heterocycles.